The first-order chi connectivity index (χ1) is 13.8. The fourth-order valence-corrected chi connectivity index (χ4v) is 2.95. The fraction of sp³-hybridized carbons (Fsp3) is 0.136. The molecule has 2 heterocycles. The molecule has 0 atom stereocenters. The number of aryl methyl sites for hydroxylation is 1. The topological polar surface area (TPSA) is 79.9 Å². The molecule has 2 aromatic carbocycles. The van der Waals surface area contributed by atoms with Crippen molar-refractivity contribution in [3.05, 3.63) is 88.8 Å². The summed E-state index contributed by atoms with van der Waals surface area (Å²) in [5.74, 6) is 1.31. The molecular formula is C22H20N4O2. The van der Waals surface area contributed by atoms with Crippen molar-refractivity contribution >= 4 is 22.7 Å². The van der Waals surface area contributed by atoms with E-state index in [-0.39, 0.29) is 5.56 Å². The Hall–Kier alpha value is -3.67. The summed E-state index contributed by atoms with van der Waals surface area (Å²) in [4.78, 5) is 23.6. The first-order valence-electron chi connectivity index (χ1n) is 9.18. The van der Waals surface area contributed by atoms with E-state index in [9.17, 15) is 4.79 Å². The zero-order chi connectivity index (χ0) is 19.2. The summed E-state index contributed by atoms with van der Waals surface area (Å²) in [6.07, 6.45) is 1.51. The molecule has 0 saturated carbocycles. The van der Waals surface area contributed by atoms with Crippen LogP contribution < -0.4 is 15.6 Å². The van der Waals surface area contributed by atoms with Gasteiger partial charge in [-0.05, 0) is 43.2 Å². The van der Waals surface area contributed by atoms with Crippen molar-refractivity contribution in [3.8, 4) is 5.75 Å². The second-order valence-corrected chi connectivity index (χ2v) is 6.33. The fourth-order valence-electron chi connectivity index (χ4n) is 2.95. The Morgan fingerprint density at radius 2 is 1.64 bits per heavy atom. The van der Waals surface area contributed by atoms with Crippen LogP contribution >= 0.6 is 0 Å². The van der Waals surface area contributed by atoms with Gasteiger partial charge in [-0.3, -0.25) is 4.79 Å². The summed E-state index contributed by atoms with van der Waals surface area (Å²) in [6.45, 7) is 0.584. The molecule has 0 bridgehead atoms. The Bertz CT molecular complexity index is 1110. The van der Waals surface area contributed by atoms with E-state index in [1.165, 1.54) is 6.07 Å². The zero-order valence-electron chi connectivity index (χ0n) is 15.3. The van der Waals surface area contributed by atoms with E-state index in [2.05, 4.69) is 20.3 Å². The van der Waals surface area contributed by atoms with Crippen LogP contribution in [-0.2, 0) is 6.42 Å². The smallest absolute Gasteiger partial charge is 0.249 e. The van der Waals surface area contributed by atoms with Crippen LogP contribution in [0.15, 0.2) is 77.6 Å². The van der Waals surface area contributed by atoms with Crippen LogP contribution in [0.1, 0.15) is 12.1 Å². The molecule has 0 spiro atoms. The van der Waals surface area contributed by atoms with Crippen molar-refractivity contribution in [2.45, 2.75) is 12.8 Å². The summed E-state index contributed by atoms with van der Waals surface area (Å²) in [6, 6.07) is 22.7. The predicted octanol–water partition coefficient (Wildman–Crippen LogP) is 4.07. The summed E-state index contributed by atoms with van der Waals surface area (Å²) in [5, 5.41) is 4.04. The molecule has 6 heteroatoms. The van der Waals surface area contributed by atoms with E-state index in [1.807, 2.05) is 60.7 Å². The number of rotatable bonds is 7. The largest absolute Gasteiger partial charge is 0.494 e. The van der Waals surface area contributed by atoms with Gasteiger partial charge in [0.25, 0.3) is 0 Å². The van der Waals surface area contributed by atoms with Gasteiger partial charge in [-0.15, -0.1) is 0 Å². The van der Waals surface area contributed by atoms with Gasteiger partial charge in [-0.25, -0.2) is 4.98 Å². The van der Waals surface area contributed by atoms with Crippen molar-refractivity contribution in [3.63, 3.8) is 0 Å². The van der Waals surface area contributed by atoms with Crippen LogP contribution in [0, 0.1) is 0 Å². The summed E-state index contributed by atoms with van der Waals surface area (Å²) < 4.78 is 5.77. The van der Waals surface area contributed by atoms with Crippen molar-refractivity contribution in [2.24, 2.45) is 0 Å². The average molecular weight is 372 g/mol. The number of nitrogens with one attached hydrogen (secondary N) is 2. The molecule has 28 heavy (non-hydrogen) atoms. The van der Waals surface area contributed by atoms with Gasteiger partial charge in [0.15, 0.2) is 0 Å². The molecular weight excluding hydrogens is 352 g/mol. The Morgan fingerprint density at radius 1 is 0.893 bits per heavy atom. The lowest BCUT2D eigenvalue weighted by atomic mass is 10.1. The first-order valence-corrected chi connectivity index (χ1v) is 9.18. The minimum Gasteiger partial charge on any atom is -0.494 e. The lowest BCUT2D eigenvalue weighted by Crippen LogP contribution is -2.09. The lowest BCUT2D eigenvalue weighted by molar-refractivity contribution is 0.310. The van der Waals surface area contributed by atoms with Crippen LogP contribution in [0.3, 0.4) is 0 Å². The van der Waals surface area contributed by atoms with Crippen LogP contribution in [-0.4, -0.2) is 21.6 Å². The van der Waals surface area contributed by atoms with E-state index < -0.39 is 0 Å². The molecule has 0 radical (unpaired) electrons. The molecule has 2 aromatic heterocycles. The molecule has 0 aliphatic heterocycles. The monoisotopic (exact) mass is 372 g/mol. The summed E-state index contributed by atoms with van der Waals surface area (Å²) in [5.41, 5.74) is 2.10. The second-order valence-electron chi connectivity index (χ2n) is 6.33. The predicted molar refractivity (Wildman–Crippen MR) is 110 cm³/mol. The number of fused-ring (bicyclic) bond motifs is 1. The van der Waals surface area contributed by atoms with Gasteiger partial charge in [0.05, 0.1) is 12.3 Å². The highest BCUT2D eigenvalue weighted by atomic mass is 16.5. The summed E-state index contributed by atoms with van der Waals surface area (Å²) >= 11 is 0. The number of nitrogens with zero attached hydrogens (tertiary/aromatic N) is 2. The number of pyridine rings is 1. The number of ether oxygens (including phenoxy) is 1. The molecule has 6 nitrogen and oxygen atoms in total. The van der Waals surface area contributed by atoms with Gasteiger partial charge in [-0.2, -0.15) is 4.98 Å². The highest BCUT2D eigenvalue weighted by Crippen LogP contribution is 2.19. The second kappa shape index (κ2) is 8.35. The number of para-hydroxylation sites is 2. The number of benzene rings is 2. The van der Waals surface area contributed by atoms with Gasteiger partial charge >= 0.3 is 0 Å². The quantitative estimate of drug-likeness (QED) is 0.478. The summed E-state index contributed by atoms with van der Waals surface area (Å²) in [7, 11) is 0. The van der Waals surface area contributed by atoms with Gasteiger partial charge < -0.3 is 15.0 Å². The van der Waals surface area contributed by atoms with E-state index >= 15 is 0 Å². The maximum atomic E-state index is 11.7. The molecule has 4 aromatic rings. The van der Waals surface area contributed by atoms with Crippen LogP contribution in [0.5, 0.6) is 5.75 Å². The molecule has 0 aliphatic carbocycles. The van der Waals surface area contributed by atoms with Gasteiger partial charge in [0, 0.05) is 17.1 Å². The SMILES string of the molecule is O=c1ccc2c(CCCOc3ccccc3)nc(Nc3ccccc3)nc2[nH]1. The van der Waals surface area contributed by atoms with Crippen LogP contribution in [0.4, 0.5) is 11.6 Å². The minimum atomic E-state index is -0.185. The molecule has 0 unspecified atom stereocenters. The van der Waals surface area contributed by atoms with E-state index in [1.54, 1.807) is 6.07 Å². The third-order valence-electron chi connectivity index (χ3n) is 4.27. The number of H-pyrrole nitrogens is 1. The normalized spacial score (nSPS) is 10.7. The van der Waals surface area contributed by atoms with Crippen molar-refractivity contribution < 1.29 is 4.74 Å². The van der Waals surface area contributed by atoms with Gasteiger partial charge in [0.1, 0.15) is 11.4 Å². The Kier molecular flexibility index (Phi) is 5.29. The molecule has 0 fully saturated rings. The number of aromatic nitrogens is 3. The Morgan fingerprint density at radius 3 is 2.43 bits per heavy atom. The molecule has 2 N–H and O–H groups in total. The van der Waals surface area contributed by atoms with Crippen molar-refractivity contribution in [1.82, 2.24) is 15.0 Å². The number of hydrogen-bond donors (Lipinski definition) is 2. The molecule has 0 amide bonds. The average Bonchev–Trinajstić information content (AvgIpc) is 2.72. The number of hydrogen-bond acceptors (Lipinski definition) is 5. The standard InChI is InChI=1S/C22H20N4O2/c27-20-14-13-18-19(12-7-15-28-17-10-5-2-6-11-17)24-22(26-21(18)25-20)23-16-8-3-1-4-9-16/h1-6,8-11,13-14H,7,12,15H2,(H2,23,24,25,26,27). The highest BCUT2D eigenvalue weighted by Gasteiger charge is 2.09. The van der Waals surface area contributed by atoms with E-state index in [4.69, 9.17) is 4.74 Å². The van der Waals surface area contributed by atoms with Gasteiger partial charge in [0.2, 0.25) is 11.5 Å². The zero-order valence-corrected chi connectivity index (χ0v) is 15.3. The maximum absolute atomic E-state index is 11.7. The third kappa shape index (κ3) is 4.35. The Labute approximate surface area is 162 Å². The van der Waals surface area contributed by atoms with E-state index in [0.717, 1.165) is 28.9 Å². The van der Waals surface area contributed by atoms with Crippen LogP contribution in [0.25, 0.3) is 11.0 Å². The maximum Gasteiger partial charge on any atom is 0.249 e. The molecule has 0 saturated heterocycles. The molecule has 0 aliphatic rings. The van der Waals surface area contributed by atoms with Crippen molar-refractivity contribution in [2.75, 3.05) is 11.9 Å². The molecule has 140 valence electrons. The number of anilines is 2. The first kappa shape index (κ1) is 17.7. The van der Waals surface area contributed by atoms with Gasteiger partial charge in [-0.1, -0.05) is 36.4 Å². The third-order valence-corrected chi connectivity index (χ3v) is 4.27. The molecule has 4 rings (SSSR count). The van der Waals surface area contributed by atoms with E-state index in [0.29, 0.717) is 24.6 Å². The Balaban J connectivity index is 1.54. The van der Waals surface area contributed by atoms with Crippen molar-refractivity contribution in [1.29, 1.82) is 0 Å². The minimum absolute atomic E-state index is 0.185. The van der Waals surface area contributed by atoms with Crippen LogP contribution in [0.2, 0.25) is 0 Å². The lowest BCUT2D eigenvalue weighted by Gasteiger charge is -2.10. The number of aromatic amines is 1. The highest BCUT2D eigenvalue weighted by molar-refractivity contribution is 5.78.